The van der Waals surface area contributed by atoms with Crippen LogP contribution in [0.1, 0.15) is 33.6 Å². The molecule has 4 heteroatoms. The zero-order chi connectivity index (χ0) is 13.5. The van der Waals surface area contributed by atoms with E-state index in [1.165, 1.54) is 6.42 Å². The summed E-state index contributed by atoms with van der Waals surface area (Å²) >= 11 is 2.26. The van der Waals surface area contributed by atoms with Gasteiger partial charge in [-0.3, -0.25) is 0 Å². The quantitative estimate of drug-likeness (QED) is 0.697. The van der Waals surface area contributed by atoms with Crippen LogP contribution in [0.2, 0.25) is 24.2 Å². The van der Waals surface area contributed by atoms with Crippen LogP contribution >= 0.6 is 0 Å². The number of hydrogen-bond donors (Lipinski definition) is 0. The van der Waals surface area contributed by atoms with E-state index in [1.807, 2.05) is 0 Å². The molecule has 0 aliphatic heterocycles. The summed E-state index contributed by atoms with van der Waals surface area (Å²) in [7, 11) is -1.72. The van der Waals surface area contributed by atoms with Gasteiger partial charge in [0.2, 0.25) is 0 Å². The topological polar surface area (TPSA) is 33.0 Å². The molecule has 3 unspecified atom stereocenters. The van der Waals surface area contributed by atoms with Crippen molar-refractivity contribution in [1.82, 2.24) is 0 Å². The van der Waals surface area contributed by atoms with Crippen molar-refractivity contribution < 1.29 is 4.43 Å². The van der Waals surface area contributed by atoms with Crippen molar-refractivity contribution in [2.75, 3.05) is 0 Å². The summed E-state index contributed by atoms with van der Waals surface area (Å²) in [6.07, 6.45) is 2.30. The molecule has 0 saturated heterocycles. The van der Waals surface area contributed by atoms with Gasteiger partial charge in [-0.2, -0.15) is 0 Å². The van der Waals surface area contributed by atoms with Gasteiger partial charge in [0, 0.05) is 0 Å². The van der Waals surface area contributed by atoms with Gasteiger partial charge in [-0.1, -0.05) is 0 Å². The first-order valence-electron chi connectivity index (χ1n) is 6.68. The summed E-state index contributed by atoms with van der Waals surface area (Å²) in [5.74, 6) is 0.324. The molecule has 3 atom stereocenters. The molecule has 0 heterocycles. The van der Waals surface area contributed by atoms with Crippen LogP contribution in [0.4, 0.5) is 0 Å². The third-order valence-electron chi connectivity index (χ3n) is 4.55. The summed E-state index contributed by atoms with van der Waals surface area (Å²) in [5.41, 5.74) is -0.672. The Labute approximate surface area is 116 Å². The van der Waals surface area contributed by atoms with Gasteiger partial charge >= 0.3 is 117 Å². The molecular formula is C13H24LiNOSi. The normalized spacial score (nSPS) is 37.6. The fraction of sp³-hybridized carbons (Fsp3) is 0.923. The molecule has 0 aromatic heterocycles. The number of rotatable bonds is 2. The molecule has 0 spiro atoms. The van der Waals surface area contributed by atoms with Crippen LogP contribution in [0.15, 0.2) is 0 Å². The van der Waals surface area contributed by atoms with Crippen LogP contribution in [0.25, 0.3) is 0 Å². The minimum absolute atomic E-state index is 0.0697. The molecule has 1 rings (SSSR count). The minimum atomic E-state index is -1.72. The van der Waals surface area contributed by atoms with Crippen LogP contribution in [0.5, 0.6) is 0 Å². The van der Waals surface area contributed by atoms with E-state index in [2.05, 4.69) is 64.2 Å². The zero-order valence-corrected chi connectivity index (χ0v) is 13.4. The van der Waals surface area contributed by atoms with Gasteiger partial charge in [0.15, 0.2) is 0 Å². The average molecular weight is 245 g/mol. The van der Waals surface area contributed by atoms with Crippen molar-refractivity contribution >= 4 is 26.0 Å². The third-order valence-corrected chi connectivity index (χ3v) is 5.48. The monoisotopic (exact) mass is 245 g/mol. The average Bonchev–Trinajstić information content (AvgIpc) is 2.18. The molecule has 1 aliphatic carbocycles. The molecular weight excluding hydrogens is 221 g/mol. The Morgan fingerprint density at radius 2 is 1.82 bits per heavy atom. The van der Waals surface area contributed by atoms with Gasteiger partial charge in [-0.15, -0.1) is 0 Å². The maximum absolute atomic E-state index is 9.78. The molecule has 0 aromatic carbocycles. The molecule has 0 N–H and O–H groups in total. The first kappa shape index (κ1) is 15.3. The van der Waals surface area contributed by atoms with E-state index in [4.69, 9.17) is 4.43 Å². The molecule has 1 fully saturated rings. The van der Waals surface area contributed by atoms with E-state index in [0.717, 1.165) is 6.42 Å². The van der Waals surface area contributed by atoms with Crippen molar-refractivity contribution in [3.8, 4) is 6.07 Å². The first-order chi connectivity index (χ1) is 7.57. The second-order valence-corrected chi connectivity index (χ2v) is 11.6. The van der Waals surface area contributed by atoms with Crippen molar-refractivity contribution in [2.45, 2.75) is 63.4 Å². The number of nitriles is 1. The Hall–Kier alpha value is 0.264. The Morgan fingerprint density at radius 1 is 1.29 bits per heavy atom. The molecule has 1 aliphatic rings. The fourth-order valence-electron chi connectivity index (χ4n) is 3.06. The summed E-state index contributed by atoms with van der Waals surface area (Å²) in [6.45, 7) is 13.1. The van der Waals surface area contributed by atoms with Crippen molar-refractivity contribution in [1.29, 1.82) is 5.26 Å². The van der Waals surface area contributed by atoms with Crippen molar-refractivity contribution in [3.63, 3.8) is 0 Å². The van der Waals surface area contributed by atoms with Crippen LogP contribution in [0.3, 0.4) is 0 Å². The Bertz CT molecular complexity index is 331. The van der Waals surface area contributed by atoms with Gasteiger partial charge < -0.3 is 0 Å². The predicted molar refractivity (Wildman–Crippen MR) is 74.5 cm³/mol. The molecule has 0 bridgehead atoms. The number of nitrogens with zero attached hydrogens (tertiary/aromatic N) is 1. The van der Waals surface area contributed by atoms with E-state index in [1.54, 1.807) is 0 Å². The van der Waals surface area contributed by atoms with Crippen molar-refractivity contribution in [2.24, 2.45) is 11.3 Å². The van der Waals surface area contributed by atoms with E-state index < -0.39 is 13.9 Å². The van der Waals surface area contributed by atoms with E-state index >= 15 is 0 Å². The predicted octanol–water partition coefficient (Wildman–Crippen LogP) is 3.51. The van der Waals surface area contributed by atoms with E-state index in [9.17, 15) is 5.26 Å². The molecule has 0 amide bonds. The van der Waals surface area contributed by atoms with Gasteiger partial charge in [-0.05, 0) is 0 Å². The third kappa shape index (κ3) is 2.66. The van der Waals surface area contributed by atoms with E-state index in [0.29, 0.717) is 10.5 Å². The zero-order valence-electron chi connectivity index (χ0n) is 12.4. The molecule has 0 radical (unpaired) electrons. The standard InChI is InChI=1S/C13H24NOSi.Li/c1-11-8-7-9-12(2,3)13(11,10-14)15-16(4,5)6;/h9,11H,7-8H2,1-6H3;. The SMILES string of the molecule is [Li][CH]1CCC(C)C(C#N)(O[Si](C)(C)C)C1(C)C. The van der Waals surface area contributed by atoms with Gasteiger partial charge in [0.25, 0.3) is 0 Å². The van der Waals surface area contributed by atoms with Crippen LogP contribution in [0, 0.1) is 22.7 Å². The summed E-state index contributed by atoms with van der Waals surface area (Å²) in [5, 5.41) is 9.78. The second kappa shape index (κ2) is 4.74. The summed E-state index contributed by atoms with van der Waals surface area (Å²) in [6, 6.07) is 2.56. The van der Waals surface area contributed by atoms with Crippen molar-refractivity contribution in [3.05, 3.63) is 0 Å². The Morgan fingerprint density at radius 3 is 2.24 bits per heavy atom. The van der Waals surface area contributed by atoms with E-state index in [-0.39, 0.29) is 5.41 Å². The molecule has 17 heavy (non-hydrogen) atoms. The van der Waals surface area contributed by atoms with Crippen LogP contribution < -0.4 is 0 Å². The van der Waals surface area contributed by atoms with Gasteiger partial charge in [-0.25, -0.2) is 0 Å². The van der Waals surface area contributed by atoms with Gasteiger partial charge in [0.1, 0.15) is 0 Å². The molecule has 1 saturated carbocycles. The first-order valence-corrected chi connectivity index (χ1v) is 10.1. The maximum atomic E-state index is 9.78. The Balaban J connectivity index is 3.21. The summed E-state index contributed by atoms with van der Waals surface area (Å²) < 4.78 is 6.93. The van der Waals surface area contributed by atoms with Crippen LogP contribution in [-0.4, -0.2) is 31.6 Å². The molecule has 2 nitrogen and oxygen atoms in total. The Kier molecular flexibility index (Phi) is 4.28. The fourth-order valence-corrected chi connectivity index (χ4v) is 4.53. The molecule has 0 aromatic rings. The second-order valence-electron chi connectivity index (χ2n) is 7.16. The molecule has 92 valence electrons. The van der Waals surface area contributed by atoms with Crippen LogP contribution in [-0.2, 0) is 4.43 Å². The summed E-state index contributed by atoms with van der Waals surface area (Å²) in [4.78, 5) is 0. The number of hydrogen-bond acceptors (Lipinski definition) is 2. The van der Waals surface area contributed by atoms with Gasteiger partial charge in [0.05, 0.1) is 0 Å².